The van der Waals surface area contributed by atoms with E-state index in [1.165, 1.54) is 7.11 Å². The van der Waals surface area contributed by atoms with Crippen molar-refractivity contribution < 1.29 is 148 Å². The largest absolute Gasteiger partial charge is 0.458 e. The number of esters is 1. The lowest BCUT2D eigenvalue weighted by Crippen LogP contribution is -2.68. The summed E-state index contributed by atoms with van der Waals surface area (Å²) in [7, 11) is 1.38. The van der Waals surface area contributed by atoms with E-state index >= 15 is 0 Å². The minimum absolute atomic E-state index is 0.0340. The van der Waals surface area contributed by atoms with Gasteiger partial charge in [0.1, 0.15) is 128 Å². The molecule has 10 rings (SSSR count). The van der Waals surface area contributed by atoms with Crippen LogP contribution in [0.15, 0.2) is 0 Å². The van der Waals surface area contributed by atoms with Crippen molar-refractivity contribution in [3.63, 3.8) is 0 Å². The molecule has 4 aliphatic carbocycles. The summed E-state index contributed by atoms with van der Waals surface area (Å²) < 4.78 is 71.3. The second-order valence-electron chi connectivity index (χ2n) is 26.7. The number of carbonyl (C=O) groups excluding carboxylic acids is 2. The summed E-state index contributed by atoms with van der Waals surface area (Å²) in [5.74, 6) is -1.09. The molecule has 506 valence electrons. The average molecular weight is 1270 g/mol. The zero-order valence-electron chi connectivity index (χ0n) is 49.7. The minimum Gasteiger partial charge on any atom is -0.458 e. The van der Waals surface area contributed by atoms with Gasteiger partial charge in [-0.05, 0) is 98.7 Å². The molecular formula is C57H93NO30. The molecule has 6 heterocycles. The lowest BCUT2D eigenvalue weighted by Gasteiger charge is -2.61. The van der Waals surface area contributed by atoms with Crippen LogP contribution in [-0.2, 0) is 66.4 Å². The number of aliphatic hydroxyl groups excluding tert-OH is 16. The number of hydrogen-bond donors (Lipinski definition) is 17. The Morgan fingerprint density at radius 1 is 0.545 bits per heavy atom. The first-order valence-corrected chi connectivity index (χ1v) is 30.9. The van der Waals surface area contributed by atoms with Crippen molar-refractivity contribution in [2.24, 2.45) is 46.3 Å². The van der Waals surface area contributed by atoms with Gasteiger partial charge < -0.3 is 139 Å². The fraction of sp³-hybridized carbons (Fsp3) is 0.965. The third-order valence-corrected chi connectivity index (χ3v) is 21.7. The van der Waals surface area contributed by atoms with Gasteiger partial charge in [-0.3, -0.25) is 10.1 Å². The highest BCUT2D eigenvalue weighted by Gasteiger charge is 2.66. The van der Waals surface area contributed by atoms with Crippen LogP contribution in [0, 0.1) is 46.3 Å². The topological polar surface area (TPSA) is 481 Å². The van der Waals surface area contributed by atoms with Gasteiger partial charge in [-0.1, -0.05) is 13.8 Å². The van der Waals surface area contributed by atoms with E-state index in [2.05, 4.69) is 19.2 Å². The van der Waals surface area contributed by atoms with Crippen molar-refractivity contribution in [2.45, 2.75) is 244 Å². The van der Waals surface area contributed by atoms with Gasteiger partial charge in [0.25, 0.3) is 0 Å². The summed E-state index contributed by atoms with van der Waals surface area (Å²) in [5.41, 5.74) is -2.24. The Labute approximate surface area is 507 Å². The molecule has 17 N–H and O–H groups in total. The van der Waals surface area contributed by atoms with Gasteiger partial charge in [-0.2, -0.15) is 0 Å². The Kier molecular flexibility index (Phi) is 21.7. The van der Waals surface area contributed by atoms with E-state index in [0.717, 1.165) is 19.3 Å². The molecule has 0 aromatic heterocycles. The molecule has 0 aromatic rings. The van der Waals surface area contributed by atoms with Crippen LogP contribution in [-0.4, -0.2) is 312 Å². The normalized spacial score (nSPS) is 53.2. The molecule has 0 spiro atoms. The predicted molar refractivity (Wildman–Crippen MR) is 287 cm³/mol. The van der Waals surface area contributed by atoms with Crippen molar-refractivity contribution in [1.29, 1.82) is 0 Å². The van der Waals surface area contributed by atoms with Crippen LogP contribution in [0.4, 0.5) is 0 Å². The van der Waals surface area contributed by atoms with Gasteiger partial charge >= 0.3 is 5.97 Å². The molecule has 10 aliphatic rings. The Hall–Kier alpha value is -1.98. The summed E-state index contributed by atoms with van der Waals surface area (Å²) in [6.45, 7) is 2.36. The maximum absolute atomic E-state index is 14.3. The van der Waals surface area contributed by atoms with Crippen molar-refractivity contribution in [2.75, 3.05) is 53.3 Å². The van der Waals surface area contributed by atoms with Crippen molar-refractivity contribution >= 4 is 11.8 Å². The van der Waals surface area contributed by atoms with E-state index in [0.29, 0.717) is 32.1 Å². The molecule has 31 nitrogen and oxygen atoms in total. The van der Waals surface area contributed by atoms with Crippen molar-refractivity contribution in [1.82, 2.24) is 5.32 Å². The van der Waals surface area contributed by atoms with Crippen LogP contribution < -0.4 is 5.32 Å². The minimum atomic E-state index is -2.05. The molecule has 0 bridgehead atoms. The molecular weight excluding hydrogens is 1180 g/mol. The van der Waals surface area contributed by atoms with Gasteiger partial charge in [0, 0.05) is 20.1 Å². The number of hydrogen-bond acceptors (Lipinski definition) is 31. The maximum Gasteiger partial charge on any atom is 0.354 e. The lowest BCUT2D eigenvalue weighted by molar-refractivity contribution is -0.404. The van der Waals surface area contributed by atoms with Crippen LogP contribution in [0.1, 0.15) is 78.6 Å². The number of carbonyl (C=O) groups is 2. The smallest absolute Gasteiger partial charge is 0.354 e. The number of rotatable bonds is 19. The number of fused-ring (bicyclic) bond motifs is 5. The standard InChI is InChI=1S/C57H93NO30/c1-21(63)34-29(85-54(76)57(77-4)13-22(14-58-57)19-78-49-43(73)39(69)36(66)30(15-59)81-49)12-27-25-6-5-23-11-24(7-9-55(23,2)26(25)8-10-56(27,34)3)80-51-45(75)41(71)46(33(18-62)84-51)86-53-48(88-52-44(74)40(70)37(67)31(16-60)82-52)47(38(68)32(17-61)83-53)87-50-42(72)35(65)28(64)20-79-50/h22-53,58-62,64-75H,5-20H2,1-4H3/t22-,23-,24-,25+,26-,27-,28+,29-,30+,31+,32+,33+,34-,35-,36+,37+,38+,39-,40-,41+,42+,43+,44+,45+,46-,47-,48+,49+,50-,51+,52-,53-,55-,56-,57-/m0/s1. The number of aliphatic hydroxyl groups is 16. The van der Waals surface area contributed by atoms with Crippen molar-refractivity contribution in [3.05, 3.63) is 0 Å². The molecule has 0 unspecified atom stereocenters. The first-order chi connectivity index (χ1) is 41.8. The maximum atomic E-state index is 14.3. The molecule has 88 heavy (non-hydrogen) atoms. The molecule has 10 fully saturated rings. The Morgan fingerprint density at radius 3 is 1.75 bits per heavy atom. The molecule has 6 aliphatic heterocycles. The fourth-order valence-electron chi connectivity index (χ4n) is 16.7. The third-order valence-electron chi connectivity index (χ3n) is 21.7. The second kappa shape index (κ2) is 27.8. The SMILES string of the molecule is CO[C@]1(C(=O)O[C@H]2C[C@H]3[C@@H]4CC[C@H]5C[C@@H](O[C@@H]6O[C@H](CO)[C@H](O[C@@H]7O[C@H](CO)[C@@H](O)[C@H](O[C@@H]8OC[C@@H](O)[C@H](O)[C@H]8O)[C@H]7O[C@@H]7O[C@H](CO)[C@@H](O)[C@H](O)[C@H]7O)[C@H](O)[C@H]6O)CC[C@]5(C)[C@H]4CC[C@]3(C)[C@H]2C(C)=O)C[C@H](CO[C@@H]2O[C@H](CO)[C@@H](O)[C@H](O)[C@H]2O)CN1. The number of nitrogens with one attached hydrogen (secondary N) is 1. The monoisotopic (exact) mass is 1270 g/mol. The van der Waals surface area contributed by atoms with Crippen LogP contribution in [0.3, 0.4) is 0 Å². The van der Waals surface area contributed by atoms with Gasteiger partial charge in [-0.15, -0.1) is 0 Å². The van der Waals surface area contributed by atoms with Gasteiger partial charge in [-0.25, -0.2) is 4.79 Å². The van der Waals surface area contributed by atoms with Gasteiger partial charge in [0.15, 0.2) is 31.5 Å². The van der Waals surface area contributed by atoms with Crippen molar-refractivity contribution in [3.8, 4) is 0 Å². The summed E-state index contributed by atoms with van der Waals surface area (Å²) in [5, 5.41) is 174. The van der Waals surface area contributed by atoms with E-state index in [1.807, 2.05) is 0 Å². The zero-order chi connectivity index (χ0) is 63.6. The molecule has 35 atom stereocenters. The number of methoxy groups -OCH3 is 1. The summed E-state index contributed by atoms with van der Waals surface area (Å²) >= 11 is 0. The van der Waals surface area contributed by atoms with E-state index in [9.17, 15) is 91.3 Å². The molecule has 31 heteroatoms. The summed E-state index contributed by atoms with van der Waals surface area (Å²) in [4.78, 5) is 28.1. The second-order valence-corrected chi connectivity index (χ2v) is 26.7. The van der Waals surface area contributed by atoms with E-state index in [1.54, 1.807) is 6.92 Å². The highest BCUT2D eigenvalue weighted by molar-refractivity contribution is 5.83. The zero-order valence-corrected chi connectivity index (χ0v) is 49.7. The predicted octanol–water partition coefficient (Wildman–Crippen LogP) is -7.18. The van der Waals surface area contributed by atoms with Crippen LogP contribution in [0.25, 0.3) is 0 Å². The molecule has 0 aromatic carbocycles. The average Bonchev–Trinajstić information content (AvgIpc) is 1.45. The Bertz CT molecular complexity index is 2330. The van der Waals surface area contributed by atoms with E-state index in [-0.39, 0.29) is 60.4 Å². The highest BCUT2D eigenvalue weighted by Crippen LogP contribution is 2.68. The quantitative estimate of drug-likeness (QED) is 0.0422. The first-order valence-electron chi connectivity index (χ1n) is 30.9. The first kappa shape index (κ1) is 68.9. The lowest BCUT2D eigenvalue weighted by atomic mass is 9.44. The third kappa shape index (κ3) is 12.8. The number of ether oxygens (including phenoxy) is 12. The fourth-order valence-corrected chi connectivity index (χ4v) is 16.7. The molecule has 6 saturated heterocycles. The summed E-state index contributed by atoms with van der Waals surface area (Å²) in [6, 6.07) is 0. The van der Waals surface area contributed by atoms with Gasteiger partial charge in [0.2, 0.25) is 5.72 Å². The highest BCUT2D eigenvalue weighted by atomic mass is 16.8. The van der Waals surface area contributed by atoms with Gasteiger partial charge in [0.05, 0.1) is 51.7 Å². The molecule has 4 saturated carbocycles. The number of ketones is 1. The van der Waals surface area contributed by atoms with E-state index < -0.39 is 216 Å². The van der Waals surface area contributed by atoms with Crippen LogP contribution in [0.5, 0.6) is 0 Å². The Balaban J connectivity index is 0.780. The Morgan fingerprint density at radius 2 is 1.10 bits per heavy atom. The van der Waals surface area contributed by atoms with E-state index in [4.69, 9.17) is 56.8 Å². The summed E-state index contributed by atoms with van der Waals surface area (Å²) in [6.07, 6.45) is -37.1. The van der Waals surface area contributed by atoms with Crippen LogP contribution in [0.2, 0.25) is 0 Å². The molecule has 0 radical (unpaired) electrons. The molecule has 0 amide bonds. The number of Topliss-reactive ketones (excluding diaryl/α,β-unsaturated/α-hetero) is 1. The van der Waals surface area contributed by atoms with Crippen LogP contribution >= 0.6 is 0 Å².